The second-order valence-electron chi connectivity index (χ2n) is 7.82. The predicted octanol–water partition coefficient (Wildman–Crippen LogP) is 2.71. The number of rotatable bonds is 3. The maximum atomic E-state index is 14.3. The highest BCUT2D eigenvalue weighted by molar-refractivity contribution is 6.07. The van der Waals surface area contributed by atoms with Crippen LogP contribution in [0, 0.1) is 5.82 Å². The van der Waals surface area contributed by atoms with E-state index in [1.54, 1.807) is 36.1 Å². The zero-order valence-corrected chi connectivity index (χ0v) is 16.8. The van der Waals surface area contributed by atoms with Crippen LogP contribution in [0.2, 0.25) is 0 Å². The van der Waals surface area contributed by atoms with E-state index >= 15 is 0 Å². The van der Waals surface area contributed by atoms with E-state index in [0.717, 1.165) is 11.1 Å². The summed E-state index contributed by atoms with van der Waals surface area (Å²) in [6.07, 6.45) is 0.605. The van der Waals surface area contributed by atoms with Crippen molar-refractivity contribution >= 4 is 18.0 Å². The molecule has 1 saturated heterocycles. The Bertz CT molecular complexity index is 1040. The number of halogens is 1. The average molecular weight is 410 g/mol. The quantitative estimate of drug-likeness (QED) is 0.680. The molecule has 0 spiro atoms. The topological polar surface area (TPSA) is 90.5 Å². The summed E-state index contributed by atoms with van der Waals surface area (Å²) in [4.78, 5) is 38.1. The van der Waals surface area contributed by atoms with Gasteiger partial charge in [0.1, 0.15) is 11.4 Å². The first kappa shape index (κ1) is 19.9. The van der Waals surface area contributed by atoms with Crippen molar-refractivity contribution in [1.29, 1.82) is 0 Å². The van der Waals surface area contributed by atoms with Crippen molar-refractivity contribution in [2.45, 2.75) is 38.4 Å². The van der Waals surface area contributed by atoms with Gasteiger partial charge in [0.2, 0.25) is 0 Å². The summed E-state index contributed by atoms with van der Waals surface area (Å²) in [5.41, 5.74) is 1.76. The van der Waals surface area contributed by atoms with E-state index in [0.29, 0.717) is 24.1 Å². The number of hydrogen-bond donors (Lipinski definition) is 3. The minimum Gasteiger partial charge on any atom is -0.334 e. The van der Waals surface area contributed by atoms with Crippen LogP contribution in [0.3, 0.4) is 0 Å². The number of fused-ring (bicyclic) bond motifs is 1. The number of benzene rings is 2. The Morgan fingerprint density at radius 2 is 2.03 bits per heavy atom. The fourth-order valence-corrected chi connectivity index (χ4v) is 4.15. The van der Waals surface area contributed by atoms with Crippen LogP contribution in [0.25, 0.3) is 0 Å². The molecule has 2 atom stereocenters. The third-order valence-electron chi connectivity index (χ3n) is 5.90. The molecule has 0 bridgehead atoms. The minimum absolute atomic E-state index is 0.242. The lowest BCUT2D eigenvalue weighted by atomic mass is 9.91. The van der Waals surface area contributed by atoms with E-state index in [9.17, 15) is 18.8 Å². The number of imide groups is 1. The number of urea groups is 2. The highest BCUT2D eigenvalue weighted by Gasteiger charge is 2.43. The number of hydrogen-bond acceptors (Lipinski definition) is 3. The van der Waals surface area contributed by atoms with E-state index in [1.165, 1.54) is 6.07 Å². The molecule has 1 fully saturated rings. The standard InChI is InChI=1S/C22H23FN4O3/c1-13-18-15(6-4-8-17(18)23)9-10-27(13)21(30)24-12-14-5-3-7-16(11-14)22(2)19(28)25-20(29)26-22/h3-8,11,13H,9-10,12H2,1-2H3,(H,24,30)(H2,25,26,28,29). The second kappa shape index (κ2) is 7.44. The number of nitrogens with one attached hydrogen (secondary N) is 3. The van der Waals surface area contributed by atoms with Crippen molar-refractivity contribution in [3.05, 3.63) is 70.5 Å². The maximum absolute atomic E-state index is 14.3. The number of amides is 5. The van der Waals surface area contributed by atoms with Crippen LogP contribution in [0.4, 0.5) is 14.0 Å². The van der Waals surface area contributed by atoms with Gasteiger partial charge < -0.3 is 15.5 Å². The van der Waals surface area contributed by atoms with E-state index in [-0.39, 0.29) is 24.4 Å². The van der Waals surface area contributed by atoms with Crippen molar-refractivity contribution in [1.82, 2.24) is 20.9 Å². The molecule has 2 heterocycles. The Morgan fingerprint density at radius 3 is 2.77 bits per heavy atom. The van der Waals surface area contributed by atoms with Crippen molar-refractivity contribution in [3.63, 3.8) is 0 Å². The fraction of sp³-hybridized carbons (Fsp3) is 0.318. The molecule has 0 radical (unpaired) electrons. The normalized spacial score (nSPS) is 22.9. The molecular weight excluding hydrogens is 387 g/mol. The molecule has 8 heteroatoms. The molecule has 156 valence electrons. The molecule has 2 aliphatic rings. The van der Waals surface area contributed by atoms with Crippen molar-refractivity contribution in [2.75, 3.05) is 6.54 Å². The predicted molar refractivity (Wildman–Crippen MR) is 108 cm³/mol. The largest absolute Gasteiger partial charge is 0.334 e. The summed E-state index contributed by atoms with van der Waals surface area (Å²) >= 11 is 0. The number of carbonyl (C=O) groups is 3. The second-order valence-corrected chi connectivity index (χ2v) is 7.82. The van der Waals surface area contributed by atoms with Gasteiger partial charge in [-0.05, 0) is 43.0 Å². The van der Waals surface area contributed by atoms with Crippen LogP contribution in [0.5, 0.6) is 0 Å². The minimum atomic E-state index is -1.15. The SMILES string of the molecule is CC1c2c(F)cccc2CCN1C(=O)NCc1cccc(C2(C)NC(=O)NC2=O)c1. The first-order valence-electron chi connectivity index (χ1n) is 9.84. The van der Waals surface area contributed by atoms with E-state index < -0.39 is 17.5 Å². The van der Waals surface area contributed by atoms with Gasteiger partial charge in [-0.2, -0.15) is 0 Å². The molecule has 7 nitrogen and oxygen atoms in total. The summed E-state index contributed by atoms with van der Waals surface area (Å²) in [5, 5.41) is 7.75. The third-order valence-corrected chi connectivity index (χ3v) is 5.90. The first-order valence-corrected chi connectivity index (χ1v) is 9.84. The third kappa shape index (κ3) is 3.38. The highest BCUT2D eigenvalue weighted by Crippen LogP contribution is 2.31. The van der Waals surface area contributed by atoms with Crippen LogP contribution in [-0.4, -0.2) is 29.4 Å². The van der Waals surface area contributed by atoms with E-state index in [2.05, 4.69) is 16.0 Å². The summed E-state index contributed by atoms with van der Waals surface area (Å²) in [7, 11) is 0. The van der Waals surface area contributed by atoms with Crippen molar-refractivity contribution in [3.8, 4) is 0 Å². The van der Waals surface area contributed by atoms with Crippen LogP contribution >= 0.6 is 0 Å². The van der Waals surface area contributed by atoms with Gasteiger partial charge in [-0.1, -0.05) is 36.4 Å². The smallest absolute Gasteiger partial charge is 0.322 e. The van der Waals surface area contributed by atoms with Crippen molar-refractivity contribution < 1.29 is 18.8 Å². The molecule has 0 aliphatic carbocycles. The van der Waals surface area contributed by atoms with E-state index in [1.807, 2.05) is 19.1 Å². The highest BCUT2D eigenvalue weighted by atomic mass is 19.1. The number of nitrogens with zero attached hydrogens (tertiary/aromatic N) is 1. The van der Waals surface area contributed by atoms with Gasteiger partial charge in [0, 0.05) is 18.7 Å². The molecule has 2 aromatic carbocycles. The first-order chi connectivity index (χ1) is 14.3. The molecular formula is C22H23FN4O3. The summed E-state index contributed by atoms with van der Waals surface area (Å²) in [6.45, 7) is 4.20. The van der Waals surface area contributed by atoms with Gasteiger partial charge in [-0.25, -0.2) is 14.0 Å². The lowest BCUT2D eigenvalue weighted by Gasteiger charge is -2.35. The lowest BCUT2D eigenvalue weighted by Crippen LogP contribution is -2.45. The molecule has 0 saturated carbocycles. The molecule has 5 amide bonds. The molecule has 2 unspecified atom stereocenters. The Labute approximate surface area is 173 Å². The van der Waals surface area contributed by atoms with Crippen LogP contribution in [0.15, 0.2) is 42.5 Å². The van der Waals surface area contributed by atoms with Gasteiger partial charge in [0.15, 0.2) is 0 Å². The molecule has 4 rings (SSSR count). The van der Waals surface area contributed by atoms with Crippen LogP contribution in [-0.2, 0) is 23.3 Å². The Kier molecular flexibility index (Phi) is 4.93. The van der Waals surface area contributed by atoms with Crippen LogP contribution < -0.4 is 16.0 Å². The number of carbonyl (C=O) groups excluding carboxylic acids is 3. The van der Waals surface area contributed by atoms with Gasteiger partial charge in [0.25, 0.3) is 5.91 Å². The Morgan fingerprint density at radius 1 is 1.27 bits per heavy atom. The zero-order chi connectivity index (χ0) is 21.5. The molecule has 2 aliphatic heterocycles. The summed E-state index contributed by atoms with van der Waals surface area (Å²) in [5.74, 6) is -0.716. The van der Waals surface area contributed by atoms with Crippen molar-refractivity contribution in [2.24, 2.45) is 0 Å². The summed E-state index contributed by atoms with van der Waals surface area (Å²) in [6, 6.07) is 11.0. The average Bonchev–Trinajstić information content (AvgIpc) is 2.99. The molecule has 0 aromatic heterocycles. The zero-order valence-electron chi connectivity index (χ0n) is 16.8. The van der Waals surface area contributed by atoms with Gasteiger partial charge >= 0.3 is 12.1 Å². The van der Waals surface area contributed by atoms with E-state index in [4.69, 9.17) is 0 Å². The Hall–Kier alpha value is -3.42. The van der Waals surface area contributed by atoms with Crippen LogP contribution in [0.1, 0.15) is 42.1 Å². The molecule has 3 N–H and O–H groups in total. The van der Waals surface area contributed by atoms with Gasteiger partial charge in [-0.3, -0.25) is 10.1 Å². The van der Waals surface area contributed by atoms with Gasteiger partial charge in [-0.15, -0.1) is 0 Å². The fourth-order valence-electron chi connectivity index (χ4n) is 4.15. The lowest BCUT2D eigenvalue weighted by molar-refractivity contribution is -0.123. The molecule has 30 heavy (non-hydrogen) atoms. The van der Waals surface area contributed by atoms with Gasteiger partial charge in [0.05, 0.1) is 6.04 Å². The maximum Gasteiger partial charge on any atom is 0.322 e. The summed E-state index contributed by atoms with van der Waals surface area (Å²) < 4.78 is 14.3. The monoisotopic (exact) mass is 410 g/mol. The Balaban J connectivity index is 1.46. The molecule has 2 aromatic rings.